The average Bonchev–Trinajstić information content (AvgIpc) is 2.29. The lowest BCUT2D eigenvalue weighted by molar-refractivity contribution is 0.0600. The van der Waals surface area contributed by atoms with Crippen LogP contribution in [0.1, 0.15) is 10.4 Å². The van der Waals surface area contributed by atoms with Gasteiger partial charge in [-0.05, 0) is 12.1 Å². The number of pyridine rings is 2. The van der Waals surface area contributed by atoms with Gasteiger partial charge < -0.3 is 4.74 Å². The van der Waals surface area contributed by atoms with E-state index in [0.29, 0.717) is 16.1 Å². The molecule has 0 aliphatic rings. The summed E-state index contributed by atoms with van der Waals surface area (Å²) in [5, 5.41) is 0.960. The van der Waals surface area contributed by atoms with Crippen LogP contribution < -0.4 is 0 Å². The van der Waals surface area contributed by atoms with Crippen LogP contribution in [0.15, 0.2) is 24.5 Å². The molecule has 0 unspecified atom stereocenters. The number of halogens is 1. The van der Waals surface area contributed by atoms with Crippen molar-refractivity contribution in [1.82, 2.24) is 9.97 Å². The molecular formula is C10H7ClN2O2. The van der Waals surface area contributed by atoms with E-state index in [1.54, 1.807) is 18.3 Å². The number of carbonyl (C=O) groups excluding carboxylic acids is 1. The monoisotopic (exact) mass is 222 g/mol. The maximum Gasteiger partial charge on any atom is 0.340 e. The molecule has 2 heterocycles. The highest BCUT2D eigenvalue weighted by molar-refractivity contribution is 6.38. The first kappa shape index (κ1) is 9.86. The van der Waals surface area contributed by atoms with Crippen molar-refractivity contribution < 1.29 is 9.53 Å². The van der Waals surface area contributed by atoms with Gasteiger partial charge in [-0.15, -0.1) is 0 Å². The molecular weight excluding hydrogens is 216 g/mol. The molecule has 0 saturated carbocycles. The van der Waals surface area contributed by atoms with Crippen molar-refractivity contribution >= 4 is 28.6 Å². The third-order valence-electron chi connectivity index (χ3n) is 1.98. The van der Waals surface area contributed by atoms with Crippen molar-refractivity contribution in [2.45, 2.75) is 0 Å². The summed E-state index contributed by atoms with van der Waals surface area (Å²) in [6.07, 6.45) is 2.98. The van der Waals surface area contributed by atoms with Crippen LogP contribution in [0.5, 0.6) is 0 Å². The number of hydrogen-bond donors (Lipinski definition) is 0. The van der Waals surface area contributed by atoms with Gasteiger partial charge in [-0.25, -0.2) is 14.8 Å². The Balaban J connectivity index is 2.70. The zero-order chi connectivity index (χ0) is 10.8. The Bertz CT molecular complexity index is 528. The number of hydrogen-bond acceptors (Lipinski definition) is 4. The Morgan fingerprint density at radius 1 is 1.47 bits per heavy atom. The standard InChI is InChI=1S/C10H7ClN2O2/c1-15-10(14)7-5-13-9-6(8(7)11)3-2-4-12-9/h2-5H,1H3. The summed E-state index contributed by atoms with van der Waals surface area (Å²) < 4.78 is 4.58. The second kappa shape index (κ2) is 3.82. The van der Waals surface area contributed by atoms with Gasteiger partial charge >= 0.3 is 5.97 Å². The zero-order valence-corrected chi connectivity index (χ0v) is 8.65. The lowest BCUT2D eigenvalue weighted by Gasteiger charge is -2.03. The Labute approximate surface area is 90.9 Å². The fraction of sp³-hybridized carbons (Fsp3) is 0.100. The van der Waals surface area contributed by atoms with Crippen LogP contribution in [0.3, 0.4) is 0 Å². The van der Waals surface area contributed by atoms with Crippen LogP contribution in [0, 0.1) is 0 Å². The maximum atomic E-state index is 11.3. The summed E-state index contributed by atoms with van der Waals surface area (Å²) in [7, 11) is 1.30. The second-order valence-electron chi connectivity index (χ2n) is 2.85. The minimum absolute atomic E-state index is 0.250. The predicted octanol–water partition coefficient (Wildman–Crippen LogP) is 2.07. The predicted molar refractivity (Wildman–Crippen MR) is 55.9 cm³/mol. The molecule has 76 valence electrons. The molecule has 2 aromatic heterocycles. The number of methoxy groups -OCH3 is 1. The van der Waals surface area contributed by atoms with Crippen molar-refractivity contribution in [3.63, 3.8) is 0 Å². The maximum absolute atomic E-state index is 11.3. The van der Waals surface area contributed by atoms with Crippen LogP contribution in [0.2, 0.25) is 5.02 Å². The van der Waals surface area contributed by atoms with Gasteiger partial charge in [-0.1, -0.05) is 11.6 Å². The fourth-order valence-electron chi connectivity index (χ4n) is 1.25. The number of ether oxygens (including phenoxy) is 1. The molecule has 0 aliphatic carbocycles. The molecule has 0 atom stereocenters. The molecule has 0 N–H and O–H groups in total. The van der Waals surface area contributed by atoms with Crippen molar-refractivity contribution in [2.75, 3.05) is 7.11 Å². The highest BCUT2D eigenvalue weighted by atomic mass is 35.5. The smallest absolute Gasteiger partial charge is 0.340 e. The van der Waals surface area contributed by atoms with Crippen LogP contribution in [-0.2, 0) is 4.74 Å². The molecule has 0 amide bonds. The molecule has 0 saturated heterocycles. The fourth-order valence-corrected chi connectivity index (χ4v) is 1.52. The van der Waals surface area contributed by atoms with Gasteiger partial charge in [0.25, 0.3) is 0 Å². The van der Waals surface area contributed by atoms with Crippen molar-refractivity contribution in [3.8, 4) is 0 Å². The van der Waals surface area contributed by atoms with Gasteiger partial charge in [-0.2, -0.15) is 0 Å². The zero-order valence-electron chi connectivity index (χ0n) is 7.90. The molecule has 4 nitrogen and oxygen atoms in total. The van der Waals surface area contributed by atoms with E-state index in [2.05, 4.69) is 14.7 Å². The Morgan fingerprint density at radius 3 is 3.00 bits per heavy atom. The van der Waals surface area contributed by atoms with Gasteiger partial charge in [0, 0.05) is 17.8 Å². The number of rotatable bonds is 1. The molecule has 0 aliphatic heterocycles. The summed E-state index contributed by atoms with van der Waals surface area (Å²) in [5.74, 6) is -0.502. The Morgan fingerprint density at radius 2 is 2.27 bits per heavy atom. The highest BCUT2D eigenvalue weighted by Gasteiger charge is 2.14. The van der Waals surface area contributed by atoms with Gasteiger partial charge in [-0.3, -0.25) is 0 Å². The van der Waals surface area contributed by atoms with E-state index in [1.807, 2.05) is 0 Å². The highest BCUT2D eigenvalue weighted by Crippen LogP contribution is 2.24. The number of fused-ring (bicyclic) bond motifs is 1. The lowest BCUT2D eigenvalue weighted by atomic mass is 10.2. The van der Waals surface area contributed by atoms with E-state index in [4.69, 9.17) is 11.6 Å². The first-order valence-corrected chi connectivity index (χ1v) is 4.59. The van der Waals surface area contributed by atoms with Crippen LogP contribution in [0.25, 0.3) is 11.0 Å². The van der Waals surface area contributed by atoms with Gasteiger partial charge in [0.05, 0.1) is 17.7 Å². The molecule has 0 spiro atoms. The van der Waals surface area contributed by atoms with E-state index in [-0.39, 0.29) is 5.56 Å². The van der Waals surface area contributed by atoms with E-state index in [9.17, 15) is 4.79 Å². The molecule has 5 heteroatoms. The molecule has 0 radical (unpaired) electrons. The number of nitrogens with zero attached hydrogens (tertiary/aromatic N) is 2. The third-order valence-corrected chi connectivity index (χ3v) is 2.39. The molecule has 0 bridgehead atoms. The molecule has 0 aromatic carbocycles. The summed E-state index contributed by atoms with van der Waals surface area (Å²) in [5.41, 5.74) is 0.759. The van der Waals surface area contributed by atoms with E-state index in [0.717, 1.165) is 0 Å². The first-order chi connectivity index (χ1) is 7.24. The van der Waals surface area contributed by atoms with Gasteiger partial charge in [0.1, 0.15) is 0 Å². The van der Waals surface area contributed by atoms with Gasteiger partial charge in [0.2, 0.25) is 0 Å². The summed E-state index contributed by atoms with van der Waals surface area (Å²) in [4.78, 5) is 19.3. The van der Waals surface area contributed by atoms with Gasteiger partial charge in [0.15, 0.2) is 5.65 Å². The number of esters is 1. The summed E-state index contributed by atoms with van der Waals surface area (Å²) in [6.45, 7) is 0. The van der Waals surface area contributed by atoms with Crippen molar-refractivity contribution in [1.29, 1.82) is 0 Å². The van der Waals surface area contributed by atoms with Crippen molar-refractivity contribution in [2.24, 2.45) is 0 Å². The first-order valence-electron chi connectivity index (χ1n) is 4.21. The van der Waals surface area contributed by atoms with Crippen molar-refractivity contribution in [3.05, 3.63) is 35.1 Å². The van der Waals surface area contributed by atoms with Crippen LogP contribution in [0.4, 0.5) is 0 Å². The SMILES string of the molecule is COC(=O)c1cnc2ncccc2c1Cl. The second-order valence-corrected chi connectivity index (χ2v) is 3.23. The van der Waals surface area contributed by atoms with E-state index < -0.39 is 5.97 Å². The topological polar surface area (TPSA) is 52.1 Å². The summed E-state index contributed by atoms with van der Waals surface area (Å²) in [6, 6.07) is 3.49. The molecule has 2 rings (SSSR count). The Hall–Kier alpha value is -1.68. The molecule has 0 fully saturated rings. The molecule has 15 heavy (non-hydrogen) atoms. The normalized spacial score (nSPS) is 10.3. The average molecular weight is 223 g/mol. The van der Waals surface area contributed by atoms with E-state index >= 15 is 0 Å². The quantitative estimate of drug-likeness (QED) is 0.693. The minimum Gasteiger partial charge on any atom is -0.465 e. The summed E-state index contributed by atoms with van der Waals surface area (Å²) >= 11 is 6.03. The number of carbonyl (C=O) groups is 1. The Kier molecular flexibility index (Phi) is 2.51. The van der Waals surface area contributed by atoms with E-state index in [1.165, 1.54) is 13.3 Å². The van der Waals surface area contributed by atoms with Crippen LogP contribution in [-0.4, -0.2) is 23.0 Å². The third kappa shape index (κ3) is 1.64. The number of aromatic nitrogens is 2. The minimum atomic E-state index is -0.502. The lowest BCUT2D eigenvalue weighted by Crippen LogP contribution is -2.03. The largest absolute Gasteiger partial charge is 0.465 e. The molecule has 2 aromatic rings. The van der Waals surface area contributed by atoms with Crippen LogP contribution >= 0.6 is 11.6 Å².